The smallest absolute Gasteiger partial charge is 0.155 e. The maximum absolute atomic E-state index is 6.10. The number of methoxy groups -OCH3 is 1. The monoisotopic (exact) mass is 329 g/mol. The maximum atomic E-state index is 6.10. The van der Waals surface area contributed by atoms with Gasteiger partial charge in [-0.1, -0.05) is 11.6 Å². The molecule has 96 valence electrons. The van der Waals surface area contributed by atoms with Crippen molar-refractivity contribution in [3.8, 4) is 0 Å². The van der Waals surface area contributed by atoms with Crippen molar-refractivity contribution in [2.75, 3.05) is 7.11 Å². The van der Waals surface area contributed by atoms with Crippen LogP contribution in [0.3, 0.4) is 0 Å². The molecule has 1 aliphatic rings. The molecular weight excluding hydrogens is 318 g/mol. The van der Waals surface area contributed by atoms with E-state index in [0.717, 1.165) is 28.8 Å². The lowest BCUT2D eigenvalue weighted by Crippen LogP contribution is -2.41. The Kier molecular flexibility index (Phi) is 2.88. The van der Waals surface area contributed by atoms with E-state index in [2.05, 4.69) is 32.8 Å². The molecule has 3 rings (SSSR count). The summed E-state index contributed by atoms with van der Waals surface area (Å²) in [5.41, 5.74) is 0.819. The van der Waals surface area contributed by atoms with Gasteiger partial charge in [-0.05, 0) is 35.7 Å². The second kappa shape index (κ2) is 4.18. The minimum absolute atomic E-state index is 0.0141. The van der Waals surface area contributed by atoms with Gasteiger partial charge in [0.25, 0.3) is 0 Å². The van der Waals surface area contributed by atoms with Crippen LogP contribution in [0.15, 0.2) is 17.0 Å². The summed E-state index contributed by atoms with van der Waals surface area (Å²) in [5.74, 6) is 1.43. The highest BCUT2D eigenvalue weighted by Crippen LogP contribution is 2.46. The van der Waals surface area contributed by atoms with Crippen LogP contribution in [0, 0.1) is 0 Å². The zero-order valence-corrected chi connectivity index (χ0v) is 12.5. The Bertz CT molecular complexity index is 607. The predicted octanol–water partition coefficient (Wildman–Crippen LogP) is 3.43. The number of halogens is 2. The molecule has 2 heterocycles. The second-order valence-corrected chi connectivity index (χ2v) is 6.07. The van der Waals surface area contributed by atoms with Gasteiger partial charge in [0.2, 0.25) is 0 Å². The van der Waals surface area contributed by atoms with E-state index in [0.29, 0.717) is 11.1 Å². The average Bonchev–Trinajstić information content (AvgIpc) is 2.64. The largest absolute Gasteiger partial charge is 0.378 e. The van der Waals surface area contributed by atoms with Crippen LogP contribution in [0.1, 0.15) is 31.5 Å². The molecule has 0 N–H and O–H groups in total. The van der Waals surface area contributed by atoms with Crippen LogP contribution in [0.25, 0.3) is 5.52 Å². The number of fused-ring (bicyclic) bond motifs is 1. The van der Waals surface area contributed by atoms with Crippen molar-refractivity contribution in [2.45, 2.75) is 31.3 Å². The van der Waals surface area contributed by atoms with E-state index in [4.69, 9.17) is 16.3 Å². The fraction of sp³-hybridized carbons (Fsp3) is 0.500. The first-order chi connectivity index (χ1) is 8.54. The lowest BCUT2D eigenvalue weighted by molar-refractivity contribution is -0.0708. The van der Waals surface area contributed by atoms with Gasteiger partial charge in [0.1, 0.15) is 15.9 Å². The van der Waals surface area contributed by atoms with Crippen molar-refractivity contribution < 1.29 is 4.74 Å². The van der Waals surface area contributed by atoms with E-state index >= 15 is 0 Å². The fourth-order valence-corrected chi connectivity index (χ4v) is 3.51. The summed E-state index contributed by atoms with van der Waals surface area (Å²) < 4.78 is 8.25. The van der Waals surface area contributed by atoms with E-state index in [9.17, 15) is 0 Å². The van der Waals surface area contributed by atoms with E-state index in [1.807, 2.05) is 10.6 Å². The van der Waals surface area contributed by atoms with Gasteiger partial charge >= 0.3 is 0 Å². The van der Waals surface area contributed by atoms with Gasteiger partial charge in [0, 0.05) is 25.4 Å². The number of nitrogens with zero attached hydrogens (tertiary/aromatic N) is 3. The molecule has 6 heteroatoms. The van der Waals surface area contributed by atoms with Crippen LogP contribution in [0.4, 0.5) is 0 Å². The molecule has 0 bridgehead atoms. The molecule has 4 nitrogen and oxygen atoms in total. The molecule has 0 radical (unpaired) electrons. The lowest BCUT2D eigenvalue weighted by Gasteiger charge is -2.43. The molecule has 0 saturated heterocycles. The topological polar surface area (TPSA) is 39.4 Å². The van der Waals surface area contributed by atoms with E-state index < -0.39 is 0 Å². The number of hydrogen-bond donors (Lipinski definition) is 0. The molecular formula is C12H13BrClN3O. The summed E-state index contributed by atoms with van der Waals surface area (Å²) >= 11 is 9.55. The number of aromatic nitrogens is 3. The van der Waals surface area contributed by atoms with Gasteiger partial charge in [0.05, 0.1) is 5.60 Å². The summed E-state index contributed by atoms with van der Waals surface area (Å²) in [5, 5.41) is 0.469. The minimum atomic E-state index is -0.0141. The summed E-state index contributed by atoms with van der Waals surface area (Å²) in [6, 6.07) is 0. The Balaban J connectivity index is 2.02. The Labute approximate surface area is 118 Å². The highest BCUT2D eigenvalue weighted by atomic mass is 79.9. The Morgan fingerprint density at radius 2 is 2.28 bits per heavy atom. The van der Waals surface area contributed by atoms with Crippen molar-refractivity contribution >= 4 is 33.0 Å². The quantitative estimate of drug-likeness (QED) is 0.847. The molecule has 0 aliphatic heterocycles. The molecule has 1 fully saturated rings. The van der Waals surface area contributed by atoms with Crippen molar-refractivity contribution in [1.82, 2.24) is 14.4 Å². The Hall–Kier alpha value is -0.650. The number of rotatable bonds is 2. The lowest BCUT2D eigenvalue weighted by atomic mass is 9.71. The van der Waals surface area contributed by atoms with Crippen LogP contribution in [0.2, 0.25) is 5.15 Å². The molecule has 0 amide bonds. The molecule has 0 unspecified atom stereocenters. The van der Waals surface area contributed by atoms with Crippen LogP contribution in [-0.2, 0) is 4.74 Å². The first-order valence-electron chi connectivity index (χ1n) is 5.77. The molecule has 2 aromatic rings. The maximum Gasteiger partial charge on any atom is 0.155 e. The average molecular weight is 331 g/mol. The molecule has 0 atom stereocenters. The third kappa shape index (κ3) is 1.76. The van der Waals surface area contributed by atoms with E-state index in [1.54, 1.807) is 13.3 Å². The molecule has 18 heavy (non-hydrogen) atoms. The number of hydrogen-bond acceptors (Lipinski definition) is 3. The molecule has 2 aromatic heterocycles. The summed E-state index contributed by atoms with van der Waals surface area (Å²) in [6.07, 6.45) is 5.56. The van der Waals surface area contributed by atoms with Gasteiger partial charge in [-0.25, -0.2) is 9.97 Å². The molecule has 0 aromatic carbocycles. The van der Waals surface area contributed by atoms with Crippen LogP contribution < -0.4 is 0 Å². The van der Waals surface area contributed by atoms with Crippen molar-refractivity contribution in [3.63, 3.8) is 0 Å². The summed E-state index contributed by atoms with van der Waals surface area (Å²) in [7, 11) is 1.76. The highest BCUT2D eigenvalue weighted by Gasteiger charge is 2.43. The molecule has 1 saturated carbocycles. The van der Waals surface area contributed by atoms with E-state index in [1.165, 1.54) is 0 Å². The van der Waals surface area contributed by atoms with Crippen molar-refractivity contribution in [2.24, 2.45) is 0 Å². The first kappa shape index (κ1) is 12.4. The third-order valence-electron chi connectivity index (χ3n) is 3.71. The first-order valence-corrected chi connectivity index (χ1v) is 6.94. The van der Waals surface area contributed by atoms with Gasteiger partial charge in [0.15, 0.2) is 5.15 Å². The minimum Gasteiger partial charge on any atom is -0.378 e. The highest BCUT2D eigenvalue weighted by molar-refractivity contribution is 9.10. The van der Waals surface area contributed by atoms with Gasteiger partial charge in [-0.2, -0.15) is 0 Å². The van der Waals surface area contributed by atoms with Crippen molar-refractivity contribution in [1.29, 1.82) is 0 Å². The number of imidazole rings is 1. The zero-order valence-electron chi connectivity index (χ0n) is 10.2. The number of ether oxygens (including phenoxy) is 1. The van der Waals surface area contributed by atoms with Crippen LogP contribution in [-0.4, -0.2) is 27.1 Å². The molecule has 0 spiro atoms. The Morgan fingerprint density at radius 3 is 2.94 bits per heavy atom. The van der Waals surface area contributed by atoms with Gasteiger partial charge in [-0.3, -0.25) is 4.40 Å². The van der Waals surface area contributed by atoms with Crippen LogP contribution in [0.5, 0.6) is 0 Å². The van der Waals surface area contributed by atoms with E-state index in [-0.39, 0.29) is 5.60 Å². The summed E-state index contributed by atoms with van der Waals surface area (Å²) in [4.78, 5) is 8.65. The van der Waals surface area contributed by atoms with Gasteiger partial charge < -0.3 is 4.74 Å². The standard InChI is InChI=1S/C12H13BrClN3O/c1-12(18-2)5-7(6-12)11-16-9(13)8-10(14)15-3-4-17(8)11/h3-4,7H,5-6H2,1-2H3. The fourth-order valence-electron chi connectivity index (χ4n) is 2.60. The van der Waals surface area contributed by atoms with Crippen LogP contribution >= 0.6 is 27.5 Å². The third-order valence-corrected chi connectivity index (χ3v) is 4.54. The second-order valence-electron chi connectivity index (χ2n) is 4.96. The SMILES string of the molecule is COC1(C)CC(c2nc(Br)c3c(Cl)nccn23)C1. The zero-order chi connectivity index (χ0) is 12.9. The van der Waals surface area contributed by atoms with Crippen molar-refractivity contribution in [3.05, 3.63) is 28.0 Å². The predicted molar refractivity (Wildman–Crippen MR) is 73.1 cm³/mol. The Morgan fingerprint density at radius 1 is 1.56 bits per heavy atom. The summed E-state index contributed by atoms with van der Waals surface area (Å²) in [6.45, 7) is 2.13. The molecule has 1 aliphatic carbocycles. The van der Waals surface area contributed by atoms with Gasteiger partial charge in [-0.15, -0.1) is 0 Å². The normalized spacial score (nSPS) is 27.4.